The molecule has 0 bridgehead atoms. The number of hydrogen-bond acceptors (Lipinski definition) is 3. The third-order valence-electron chi connectivity index (χ3n) is 2.59. The van der Waals surface area contributed by atoms with Gasteiger partial charge in [0.15, 0.2) is 0 Å². The standard InChI is InChI=1S/C13H19N3O/c1-2-8-17-10-5-6-11-12(9-10)16-13(15-11)4-3-7-14/h5-6,9H,2-4,7-8,14H2,1H3,(H,15,16). The lowest BCUT2D eigenvalue weighted by atomic mass is 10.3. The Morgan fingerprint density at radius 2 is 2.29 bits per heavy atom. The Balaban J connectivity index is 2.15. The molecule has 0 saturated carbocycles. The van der Waals surface area contributed by atoms with Crippen LogP contribution in [0.1, 0.15) is 25.6 Å². The van der Waals surface area contributed by atoms with Crippen LogP contribution < -0.4 is 10.5 Å². The van der Waals surface area contributed by atoms with E-state index in [9.17, 15) is 0 Å². The number of rotatable bonds is 6. The molecule has 17 heavy (non-hydrogen) atoms. The lowest BCUT2D eigenvalue weighted by Crippen LogP contribution is -2.01. The van der Waals surface area contributed by atoms with E-state index in [4.69, 9.17) is 10.5 Å². The summed E-state index contributed by atoms with van der Waals surface area (Å²) in [6, 6.07) is 5.96. The molecule has 2 aromatic rings. The predicted molar refractivity (Wildman–Crippen MR) is 69.3 cm³/mol. The molecule has 92 valence electrons. The monoisotopic (exact) mass is 233 g/mol. The van der Waals surface area contributed by atoms with Gasteiger partial charge in [0.2, 0.25) is 0 Å². The van der Waals surface area contributed by atoms with Crippen LogP contribution in [0.4, 0.5) is 0 Å². The summed E-state index contributed by atoms with van der Waals surface area (Å²) in [4.78, 5) is 7.81. The van der Waals surface area contributed by atoms with Gasteiger partial charge in [0.25, 0.3) is 0 Å². The van der Waals surface area contributed by atoms with E-state index in [1.807, 2.05) is 18.2 Å². The van der Waals surface area contributed by atoms with Gasteiger partial charge in [-0.15, -0.1) is 0 Å². The number of nitrogens with two attached hydrogens (primary N) is 1. The van der Waals surface area contributed by atoms with Gasteiger partial charge in [-0.1, -0.05) is 6.92 Å². The molecule has 0 aliphatic heterocycles. The van der Waals surface area contributed by atoms with Gasteiger partial charge in [-0.2, -0.15) is 0 Å². The van der Waals surface area contributed by atoms with Crippen LogP contribution in [0.5, 0.6) is 5.75 Å². The van der Waals surface area contributed by atoms with Crippen LogP contribution in [-0.4, -0.2) is 23.1 Å². The average molecular weight is 233 g/mol. The van der Waals surface area contributed by atoms with E-state index in [1.54, 1.807) is 0 Å². The molecule has 1 aromatic carbocycles. The summed E-state index contributed by atoms with van der Waals surface area (Å²) in [5.41, 5.74) is 7.51. The Bertz CT molecular complexity index is 472. The van der Waals surface area contributed by atoms with Crippen molar-refractivity contribution in [3.8, 4) is 5.75 Å². The van der Waals surface area contributed by atoms with Gasteiger partial charge in [0.05, 0.1) is 17.6 Å². The fourth-order valence-corrected chi connectivity index (χ4v) is 1.74. The average Bonchev–Trinajstić information content (AvgIpc) is 2.75. The van der Waals surface area contributed by atoms with E-state index in [0.29, 0.717) is 6.54 Å². The summed E-state index contributed by atoms with van der Waals surface area (Å²) in [6.45, 7) is 3.54. The second-order valence-corrected chi connectivity index (χ2v) is 4.10. The quantitative estimate of drug-likeness (QED) is 0.804. The van der Waals surface area contributed by atoms with Crippen LogP contribution >= 0.6 is 0 Å². The zero-order valence-electron chi connectivity index (χ0n) is 10.2. The number of ether oxygens (including phenoxy) is 1. The Kier molecular flexibility index (Phi) is 3.98. The smallest absolute Gasteiger partial charge is 0.121 e. The number of hydrogen-bond donors (Lipinski definition) is 2. The maximum absolute atomic E-state index is 5.59. The summed E-state index contributed by atoms with van der Waals surface area (Å²) >= 11 is 0. The van der Waals surface area contributed by atoms with E-state index < -0.39 is 0 Å². The van der Waals surface area contributed by atoms with E-state index >= 15 is 0 Å². The number of aromatic nitrogens is 2. The summed E-state index contributed by atoms with van der Waals surface area (Å²) < 4.78 is 5.59. The van der Waals surface area contributed by atoms with Crippen molar-refractivity contribution in [2.24, 2.45) is 5.73 Å². The molecule has 0 aliphatic rings. The molecule has 3 N–H and O–H groups in total. The Morgan fingerprint density at radius 3 is 3.06 bits per heavy atom. The summed E-state index contributed by atoms with van der Waals surface area (Å²) in [6.07, 6.45) is 2.87. The van der Waals surface area contributed by atoms with Crippen molar-refractivity contribution in [3.05, 3.63) is 24.0 Å². The zero-order chi connectivity index (χ0) is 12.1. The van der Waals surface area contributed by atoms with E-state index in [-0.39, 0.29) is 0 Å². The zero-order valence-corrected chi connectivity index (χ0v) is 10.2. The fraction of sp³-hybridized carbons (Fsp3) is 0.462. The highest BCUT2D eigenvalue weighted by Gasteiger charge is 2.03. The first-order valence-electron chi connectivity index (χ1n) is 6.15. The second kappa shape index (κ2) is 5.68. The first-order valence-corrected chi connectivity index (χ1v) is 6.15. The molecule has 0 atom stereocenters. The first-order chi connectivity index (χ1) is 8.33. The highest BCUT2D eigenvalue weighted by atomic mass is 16.5. The summed E-state index contributed by atoms with van der Waals surface area (Å²) in [5.74, 6) is 1.89. The van der Waals surface area contributed by atoms with Crippen LogP contribution in [0.25, 0.3) is 11.0 Å². The van der Waals surface area contributed by atoms with Gasteiger partial charge >= 0.3 is 0 Å². The van der Waals surface area contributed by atoms with Crippen molar-refractivity contribution >= 4 is 11.0 Å². The first kappa shape index (κ1) is 11.9. The van der Waals surface area contributed by atoms with E-state index in [2.05, 4.69) is 16.9 Å². The normalized spacial score (nSPS) is 10.9. The second-order valence-electron chi connectivity index (χ2n) is 4.10. The molecule has 2 rings (SSSR count). The van der Waals surface area contributed by atoms with Crippen molar-refractivity contribution < 1.29 is 4.74 Å². The van der Waals surface area contributed by atoms with Gasteiger partial charge in [0.1, 0.15) is 11.6 Å². The molecule has 0 radical (unpaired) electrons. The van der Waals surface area contributed by atoms with Crippen LogP contribution in [0.2, 0.25) is 0 Å². The molecule has 4 heteroatoms. The molecule has 0 amide bonds. The Hall–Kier alpha value is -1.55. The number of aryl methyl sites for hydroxylation is 1. The number of nitrogens with one attached hydrogen (secondary N) is 1. The number of aromatic amines is 1. The van der Waals surface area contributed by atoms with Crippen LogP contribution in [0.15, 0.2) is 18.2 Å². The van der Waals surface area contributed by atoms with Gasteiger partial charge < -0.3 is 15.5 Å². The van der Waals surface area contributed by atoms with Crippen molar-refractivity contribution in [2.45, 2.75) is 26.2 Å². The lowest BCUT2D eigenvalue weighted by molar-refractivity contribution is 0.318. The molecule has 0 fully saturated rings. The molecule has 0 saturated heterocycles. The van der Waals surface area contributed by atoms with Crippen LogP contribution in [0.3, 0.4) is 0 Å². The van der Waals surface area contributed by atoms with Gasteiger partial charge in [-0.25, -0.2) is 4.98 Å². The molecular formula is C13H19N3O. The van der Waals surface area contributed by atoms with Gasteiger partial charge in [0, 0.05) is 12.5 Å². The number of nitrogens with zero attached hydrogens (tertiary/aromatic N) is 1. The minimum Gasteiger partial charge on any atom is -0.494 e. The molecule has 4 nitrogen and oxygen atoms in total. The highest BCUT2D eigenvalue weighted by molar-refractivity contribution is 5.76. The SMILES string of the molecule is CCCOc1ccc2nc(CCCN)[nH]c2c1. The maximum atomic E-state index is 5.59. The molecular weight excluding hydrogens is 214 g/mol. The highest BCUT2D eigenvalue weighted by Crippen LogP contribution is 2.19. The largest absolute Gasteiger partial charge is 0.494 e. The Labute approximate surface area is 101 Å². The lowest BCUT2D eigenvalue weighted by Gasteiger charge is -2.03. The summed E-state index contributed by atoms with van der Waals surface area (Å²) in [7, 11) is 0. The summed E-state index contributed by atoms with van der Waals surface area (Å²) in [5, 5.41) is 0. The maximum Gasteiger partial charge on any atom is 0.121 e. The van der Waals surface area contributed by atoms with Gasteiger partial charge in [-0.3, -0.25) is 0 Å². The third kappa shape index (κ3) is 2.97. The minimum absolute atomic E-state index is 0.696. The minimum atomic E-state index is 0.696. The van der Waals surface area contributed by atoms with Crippen LogP contribution in [-0.2, 0) is 6.42 Å². The number of imidazole rings is 1. The van der Waals surface area contributed by atoms with E-state index in [0.717, 1.165) is 48.5 Å². The molecule has 0 unspecified atom stereocenters. The van der Waals surface area contributed by atoms with Gasteiger partial charge in [-0.05, 0) is 31.5 Å². The van der Waals surface area contributed by atoms with Crippen molar-refractivity contribution in [1.82, 2.24) is 9.97 Å². The molecule has 0 aliphatic carbocycles. The molecule has 0 spiro atoms. The van der Waals surface area contributed by atoms with Crippen molar-refractivity contribution in [1.29, 1.82) is 0 Å². The predicted octanol–water partition coefficient (Wildman–Crippen LogP) is 2.24. The van der Waals surface area contributed by atoms with Crippen LogP contribution in [0, 0.1) is 0 Å². The topological polar surface area (TPSA) is 63.9 Å². The number of fused-ring (bicyclic) bond motifs is 1. The van der Waals surface area contributed by atoms with E-state index in [1.165, 1.54) is 0 Å². The molecule has 1 aromatic heterocycles. The number of benzene rings is 1. The van der Waals surface area contributed by atoms with Crippen molar-refractivity contribution in [2.75, 3.05) is 13.2 Å². The van der Waals surface area contributed by atoms with Crippen molar-refractivity contribution in [3.63, 3.8) is 0 Å². The number of H-pyrrole nitrogens is 1. The fourth-order valence-electron chi connectivity index (χ4n) is 1.74. The molecule has 1 heterocycles. The Morgan fingerprint density at radius 1 is 1.41 bits per heavy atom. The third-order valence-corrected chi connectivity index (χ3v) is 2.59.